The molecule has 3 rings (SSSR count). The Balaban J connectivity index is 2.13. The third-order valence-electron chi connectivity index (χ3n) is 2.83. The minimum Gasteiger partial charge on any atom is -0.368 e. The number of nitrogen functional groups attached to an aromatic ring is 1. The number of hydrogen-bond acceptors (Lipinski definition) is 4. The summed E-state index contributed by atoms with van der Waals surface area (Å²) in [5, 5.41) is 3.70. The number of nitrogens with zero attached hydrogens (tertiary/aromatic N) is 2. The lowest BCUT2D eigenvalue weighted by atomic mass is 10.2. The number of hydrogen-bond donors (Lipinski definition) is 2. The zero-order valence-electron chi connectivity index (χ0n) is 10.3. The molecule has 4 nitrogen and oxygen atoms in total. The van der Waals surface area contributed by atoms with Gasteiger partial charge in [-0.1, -0.05) is 29.8 Å². The predicted molar refractivity (Wildman–Crippen MR) is 78.6 cm³/mol. The van der Waals surface area contributed by atoms with Crippen LogP contribution in [0.2, 0.25) is 5.02 Å². The second-order valence-corrected chi connectivity index (χ2v) is 4.58. The maximum Gasteiger partial charge on any atom is 0.222 e. The topological polar surface area (TPSA) is 63.8 Å². The lowest BCUT2D eigenvalue weighted by Crippen LogP contribution is -2.02. The largest absolute Gasteiger partial charge is 0.368 e. The van der Waals surface area contributed by atoms with Gasteiger partial charge in [-0.3, -0.25) is 0 Å². The summed E-state index contributed by atoms with van der Waals surface area (Å²) < 4.78 is 13.9. The van der Waals surface area contributed by atoms with Gasteiger partial charge in [0.15, 0.2) is 5.82 Å². The number of nitrogens with two attached hydrogens (primary N) is 1. The molecule has 0 radical (unpaired) electrons. The summed E-state index contributed by atoms with van der Waals surface area (Å²) in [5.74, 6) is 0.0262. The lowest BCUT2D eigenvalue weighted by Gasteiger charge is -2.10. The molecule has 0 aliphatic carbocycles. The standard InChI is InChI=1S/C14H10ClFN4/c15-9-5-3-7-11(12(9)16)18-13-8-4-1-2-6-10(8)19-14(17)20-13/h1-7H,(H3,17,18,19,20). The Hall–Kier alpha value is -2.40. The number of para-hydroxylation sites is 1. The van der Waals surface area contributed by atoms with Crippen LogP contribution in [-0.2, 0) is 0 Å². The molecule has 20 heavy (non-hydrogen) atoms. The molecule has 0 unspecified atom stereocenters. The van der Waals surface area contributed by atoms with Gasteiger partial charge < -0.3 is 11.1 Å². The summed E-state index contributed by atoms with van der Waals surface area (Å²) in [4.78, 5) is 8.24. The highest BCUT2D eigenvalue weighted by Crippen LogP contribution is 2.28. The van der Waals surface area contributed by atoms with Gasteiger partial charge in [0.2, 0.25) is 5.95 Å². The molecule has 0 saturated heterocycles. The molecule has 0 bridgehead atoms. The molecule has 100 valence electrons. The molecule has 3 aromatic rings. The molecule has 0 amide bonds. The van der Waals surface area contributed by atoms with Gasteiger partial charge in [-0.2, -0.15) is 4.98 Å². The number of rotatable bonds is 2. The molecule has 0 saturated carbocycles. The van der Waals surface area contributed by atoms with E-state index in [-0.39, 0.29) is 16.7 Å². The van der Waals surface area contributed by atoms with E-state index in [1.54, 1.807) is 12.1 Å². The molecule has 2 aromatic carbocycles. The van der Waals surface area contributed by atoms with Crippen molar-refractivity contribution >= 4 is 40.0 Å². The Kier molecular flexibility index (Phi) is 3.12. The van der Waals surface area contributed by atoms with E-state index in [0.29, 0.717) is 11.3 Å². The molecular weight excluding hydrogens is 279 g/mol. The lowest BCUT2D eigenvalue weighted by molar-refractivity contribution is 0.632. The first-order valence-corrected chi connectivity index (χ1v) is 6.26. The molecule has 1 heterocycles. The van der Waals surface area contributed by atoms with Gasteiger partial charge in [-0.25, -0.2) is 9.37 Å². The summed E-state index contributed by atoms with van der Waals surface area (Å²) in [6, 6.07) is 12.1. The van der Waals surface area contributed by atoms with Gasteiger partial charge in [0, 0.05) is 5.39 Å². The van der Waals surface area contributed by atoms with E-state index in [1.165, 1.54) is 6.07 Å². The van der Waals surface area contributed by atoms with Crippen LogP contribution < -0.4 is 11.1 Å². The van der Waals surface area contributed by atoms with Crippen molar-refractivity contribution < 1.29 is 4.39 Å². The first kappa shape index (κ1) is 12.6. The van der Waals surface area contributed by atoms with Crippen molar-refractivity contribution in [2.75, 3.05) is 11.1 Å². The molecular formula is C14H10ClFN4. The fourth-order valence-corrected chi connectivity index (χ4v) is 2.09. The van der Waals surface area contributed by atoms with Crippen LogP contribution in [-0.4, -0.2) is 9.97 Å². The number of nitrogens with one attached hydrogen (secondary N) is 1. The van der Waals surface area contributed by atoms with Crippen LogP contribution in [0.15, 0.2) is 42.5 Å². The highest BCUT2D eigenvalue weighted by atomic mass is 35.5. The molecule has 0 fully saturated rings. The van der Waals surface area contributed by atoms with Gasteiger partial charge in [0.05, 0.1) is 16.2 Å². The van der Waals surface area contributed by atoms with Gasteiger partial charge >= 0.3 is 0 Å². The van der Waals surface area contributed by atoms with E-state index in [1.807, 2.05) is 24.3 Å². The van der Waals surface area contributed by atoms with Crippen molar-refractivity contribution in [3.8, 4) is 0 Å². The zero-order chi connectivity index (χ0) is 14.1. The average Bonchev–Trinajstić information content (AvgIpc) is 2.43. The number of fused-ring (bicyclic) bond motifs is 1. The average molecular weight is 289 g/mol. The summed E-state index contributed by atoms with van der Waals surface area (Å²) in [6.07, 6.45) is 0. The van der Waals surface area contributed by atoms with Crippen LogP contribution in [0.1, 0.15) is 0 Å². The molecule has 0 aliphatic rings. The third kappa shape index (κ3) is 2.23. The molecule has 0 spiro atoms. The van der Waals surface area contributed by atoms with Crippen LogP contribution in [0, 0.1) is 5.82 Å². The number of anilines is 3. The zero-order valence-corrected chi connectivity index (χ0v) is 11.0. The first-order chi connectivity index (χ1) is 9.65. The fourth-order valence-electron chi connectivity index (χ4n) is 1.92. The van der Waals surface area contributed by atoms with Gasteiger partial charge in [0.1, 0.15) is 5.82 Å². The first-order valence-electron chi connectivity index (χ1n) is 5.88. The van der Waals surface area contributed by atoms with E-state index in [9.17, 15) is 4.39 Å². The van der Waals surface area contributed by atoms with Crippen molar-refractivity contribution in [2.45, 2.75) is 0 Å². The Morgan fingerprint density at radius 3 is 2.70 bits per heavy atom. The number of benzene rings is 2. The molecule has 0 aliphatic heterocycles. The van der Waals surface area contributed by atoms with Crippen LogP contribution >= 0.6 is 11.6 Å². The van der Waals surface area contributed by atoms with Crippen LogP contribution in [0.4, 0.5) is 21.8 Å². The van der Waals surface area contributed by atoms with Crippen LogP contribution in [0.5, 0.6) is 0 Å². The van der Waals surface area contributed by atoms with Crippen molar-refractivity contribution in [1.29, 1.82) is 0 Å². The Bertz CT molecular complexity index is 791. The highest BCUT2D eigenvalue weighted by molar-refractivity contribution is 6.31. The summed E-state index contributed by atoms with van der Waals surface area (Å²) in [6.45, 7) is 0. The van der Waals surface area contributed by atoms with Crippen molar-refractivity contribution in [3.05, 3.63) is 53.3 Å². The smallest absolute Gasteiger partial charge is 0.222 e. The maximum absolute atomic E-state index is 13.9. The van der Waals surface area contributed by atoms with Gasteiger partial charge in [0.25, 0.3) is 0 Å². The number of aromatic nitrogens is 2. The van der Waals surface area contributed by atoms with Crippen LogP contribution in [0.3, 0.4) is 0 Å². The van der Waals surface area contributed by atoms with Crippen molar-refractivity contribution in [1.82, 2.24) is 9.97 Å². The SMILES string of the molecule is Nc1nc(Nc2cccc(Cl)c2F)c2ccccc2n1. The monoisotopic (exact) mass is 288 g/mol. The number of halogens is 2. The predicted octanol–water partition coefficient (Wildman–Crippen LogP) is 3.75. The molecule has 0 atom stereocenters. The summed E-state index contributed by atoms with van der Waals surface area (Å²) in [5.41, 5.74) is 6.59. The summed E-state index contributed by atoms with van der Waals surface area (Å²) in [7, 11) is 0. The summed E-state index contributed by atoms with van der Waals surface area (Å²) >= 11 is 5.76. The Labute approximate surface area is 119 Å². The molecule has 6 heteroatoms. The van der Waals surface area contributed by atoms with Crippen molar-refractivity contribution in [2.24, 2.45) is 0 Å². The minimum atomic E-state index is -0.532. The Morgan fingerprint density at radius 2 is 1.85 bits per heavy atom. The van der Waals surface area contributed by atoms with E-state index in [4.69, 9.17) is 17.3 Å². The quantitative estimate of drug-likeness (QED) is 0.754. The van der Waals surface area contributed by atoms with Gasteiger partial charge in [-0.05, 0) is 24.3 Å². The molecule has 1 aromatic heterocycles. The fraction of sp³-hybridized carbons (Fsp3) is 0. The van der Waals surface area contributed by atoms with Gasteiger partial charge in [-0.15, -0.1) is 0 Å². The maximum atomic E-state index is 13.9. The second kappa shape index (κ2) is 4.94. The van der Waals surface area contributed by atoms with Crippen molar-refractivity contribution in [3.63, 3.8) is 0 Å². The molecule has 3 N–H and O–H groups in total. The van der Waals surface area contributed by atoms with E-state index in [0.717, 1.165) is 5.39 Å². The van der Waals surface area contributed by atoms with Crippen LogP contribution in [0.25, 0.3) is 10.9 Å². The van der Waals surface area contributed by atoms with E-state index in [2.05, 4.69) is 15.3 Å². The van der Waals surface area contributed by atoms with E-state index >= 15 is 0 Å². The normalized spacial score (nSPS) is 10.7. The highest BCUT2D eigenvalue weighted by Gasteiger charge is 2.10. The second-order valence-electron chi connectivity index (χ2n) is 4.17. The third-order valence-corrected chi connectivity index (χ3v) is 3.12. The minimum absolute atomic E-state index is 0.0429. The van der Waals surface area contributed by atoms with E-state index < -0.39 is 5.82 Å². The Morgan fingerprint density at radius 1 is 1.05 bits per heavy atom.